The Balaban J connectivity index is 4.01. The maximum absolute atomic E-state index is 11.7. The molecule has 0 aromatic heterocycles. The van der Waals surface area contributed by atoms with Crippen molar-refractivity contribution in [3.63, 3.8) is 0 Å². The molecule has 0 saturated carbocycles. The lowest BCUT2D eigenvalue weighted by Gasteiger charge is -2.07. The fourth-order valence-electron chi connectivity index (χ4n) is 0.157. The van der Waals surface area contributed by atoms with E-state index in [0.29, 0.717) is 4.99 Å². The molecule has 0 radical (unpaired) electrons. The Bertz CT molecular complexity index is 109. The summed E-state index contributed by atoms with van der Waals surface area (Å²) in [4.78, 5) is 0.708. The number of hydrogen-bond donors (Lipinski definition) is 0. The molecule has 0 fully saturated rings. The Labute approximate surface area is 57.7 Å². The maximum atomic E-state index is 11.7. The molecule has 0 aliphatic heterocycles. The second-order valence-corrected chi connectivity index (χ2v) is 1.80. The summed E-state index contributed by atoms with van der Waals surface area (Å²) in [6.45, 7) is 0. The second-order valence-electron chi connectivity index (χ2n) is 1.27. The van der Waals surface area contributed by atoms with Gasteiger partial charge in [-0.15, -0.1) is 0 Å². The maximum Gasteiger partial charge on any atom is 0.326 e. The van der Waals surface area contributed by atoms with Crippen LogP contribution < -0.4 is 0 Å². The first-order valence-corrected chi connectivity index (χ1v) is 2.86. The van der Waals surface area contributed by atoms with Gasteiger partial charge in [-0.05, 0) is 11.1 Å². The summed E-state index contributed by atoms with van der Waals surface area (Å²) in [7, 11) is 0. The van der Waals surface area contributed by atoms with Gasteiger partial charge >= 0.3 is 12.3 Å². The molecule has 5 heteroatoms. The van der Waals surface area contributed by atoms with Crippen LogP contribution in [0.5, 0.6) is 0 Å². The van der Waals surface area contributed by atoms with E-state index in [1.54, 1.807) is 0 Å². The van der Waals surface area contributed by atoms with Crippen LogP contribution in [-0.2, 0) is 0 Å². The lowest BCUT2D eigenvalue weighted by Crippen LogP contribution is -2.22. The third-order valence-corrected chi connectivity index (χ3v) is 0.840. The summed E-state index contributed by atoms with van der Waals surface area (Å²) in [5, 5.41) is 0. The molecule has 0 nitrogen and oxygen atoms in total. The smallest absolute Gasteiger partial charge is 0.203 e. The third-order valence-electron chi connectivity index (χ3n) is 0.576. The molecule has 0 unspecified atom stereocenters. The molecule has 0 aromatic carbocycles. The fourth-order valence-corrected chi connectivity index (χ4v) is 0.509. The largest absolute Gasteiger partial charge is 0.326 e. The van der Waals surface area contributed by atoms with E-state index in [0.717, 1.165) is 0 Å². The summed E-state index contributed by atoms with van der Waals surface area (Å²) in [6, 6.07) is 0. The molecule has 0 bridgehead atoms. The molecular weight excluding hydrogens is 204 g/mol. The van der Waals surface area contributed by atoms with Crippen molar-refractivity contribution in [1.29, 1.82) is 0 Å². The van der Waals surface area contributed by atoms with Gasteiger partial charge in [0.25, 0.3) is 0 Å². The standard InChI is InChI=1S/C4H3BrF4/c5-2-1-4(8,9)3(6)7/h1-3H. The fraction of sp³-hybridized carbons (Fsp3) is 0.500. The molecule has 0 N–H and O–H groups in total. The molecule has 0 saturated heterocycles. The summed E-state index contributed by atoms with van der Waals surface area (Å²) >= 11 is 2.46. The Morgan fingerprint density at radius 1 is 1.33 bits per heavy atom. The Kier molecular flexibility index (Phi) is 3.17. The zero-order chi connectivity index (χ0) is 7.49. The Morgan fingerprint density at radius 3 is 1.89 bits per heavy atom. The third kappa shape index (κ3) is 2.84. The highest BCUT2D eigenvalue weighted by Crippen LogP contribution is 2.24. The lowest BCUT2D eigenvalue weighted by atomic mass is 10.3. The average Bonchev–Trinajstić information content (AvgIpc) is 1.65. The topological polar surface area (TPSA) is 0 Å². The van der Waals surface area contributed by atoms with Gasteiger partial charge in [0.1, 0.15) is 0 Å². The average molecular weight is 207 g/mol. The number of halogens is 5. The quantitative estimate of drug-likeness (QED) is 0.610. The van der Waals surface area contributed by atoms with Crippen LogP contribution in [0.25, 0.3) is 0 Å². The minimum atomic E-state index is -4.01. The molecule has 0 atom stereocenters. The van der Waals surface area contributed by atoms with Crippen LogP contribution in [0.4, 0.5) is 17.6 Å². The van der Waals surface area contributed by atoms with Crippen molar-refractivity contribution >= 4 is 15.9 Å². The van der Waals surface area contributed by atoms with E-state index < -0.39 is 12.3 Å². The molecule has 9 heavy (non-hydrogen) atoms. The minimum absolute atomic E-state index is 0.0949. The molecule has 0 aliphatic rings. The van der Waals surface area contributed by atoms with E-state index in [2.05, 4.69) is 15.9 Å². The van der Waals surface area contributed by atoms with Gasteiger partial charge in [-0.1, -0.05) is 15.9 Å². The SMILES string of the molecule is FC(F)C(F)(F)C=CBr. The van der Waals surface area contributed by atoms with Gasteiger partial charge in [-0.2, -0.15) is 8.78 Å². The monoisotopic (exact) mass is 206 g/mol. The molecule has 0 spiro atoms. The van der Waals surface area contributed by atoms with Crippen LogP contribution in [-0.4, -0.2) is 12.3 Å². The van der Waals surface area contributed by atoms with Crippen LogP contribution in [0.1, 0.15) is 0 Å². The van der Waals surface area contributed by atoms with E-state index in [1.807, 2.05) is 0 Å². The number of hydrogen-bond acceptors (Lipinski definition) is 0. The lowest BCUT2D eigenvalue weighted by molar-refractivity contribution is -0.0904. The molecule has 0 heterocycles. The van der Waals surface area contributed by atoms with Crippen LogP contribution >= 0.6 is 15.9 Å². The predicted molar refractivity (Wildman–Crippen MR) is 29.0 cm³/mol. The van der Waals surface area contributed by atoms with E-state index in [9.17, 15) is 17.6 Å². The summed E-state index contributed by atoms with van der Waals surface area (Å²) < 4.78 is 45.7. The van der Waals surface area contributed by atoms with E-state index in [4.69, 9.17) is 0 Å². The van der Waals surface area contributed by atoms with E-state index >= 15 is 0 Å². The normalized spacial score (nSPS) is 13.6. The van der Waals surface area contributed by atoms with Crippen LogP contribution in [0.3, 0.4) is 0 Å². The highest BCUT2D eigenvalue weighted by molar-refractivity contribution is 9.11. The van der Waals surface area contributed by atoms with Crippen molar-refractivity contribution < 1.29 is 17.6 Å². The molecule has 0 aromatic rings. The van der Waals surface area contributed by atoms with Gasteiger partial charge in [-0.25, -0.2) is 8.78 Å². The van der Waals surface area contributed by atoms with Crippen molar-refractivity contribution in [2.24, 2.45) is 0 Å². The van der Waals surface area contributed by atoms with E-state index in [-0.39, 0.29) is 6.08 Å². The van der Waals surface area contributed by atoms with Gasteiger partial charge < -0.3 is 0 Å². The zero-order valence-corrected chi connectivity index (χ0v) is 5.71. The van der Waals surface area contributed by atoms with Crippen molar-refractivity contribution in [3.05, 3.63) is 11.1 Å². The summed E-state index contributed by atoms with van der Waals surface area (Å²) in [5.41, 5.74) is 0. The first-order chi connectivity index (χ1) is 4.00. The Morgan fingerprint density at radius 2 is 1.78 bits per heavy atom. The van der Waals surface area contributed by atoms with Gasteiger partial charge in [0, 0.05) is 0 Å². The van der Waals surface area contributed by atoms with Crippen molar-refractivity contribution in [2.45, 2.75) is 12.3 Å². The van der Waals surface area contributed by atoms with Crippen molar-refractivity contribution in [1.82, 2.24) is 0 Å². The molecule has 0 aliphatic carbocycles. The summed E-state index contributed by atoms with van der Waals surface area (Å²) in [5.74, 6) is -4.01. The van der Waals surface area contributed by atoms with Gasteiger partial charge in [-0.3, -0.25) is 0 Å². The Hall–Kier alpha value is -0.0600. The van der Waals surface area contributed by atoms with Gasteiger partial charge in [0.2, 0.25) is 0 Å². The molecular formula is C4H3BrF4. The van der Waals surface area contributed by atoms with Crippen molar-refractivity contribution in [3.8, 4) is 0 Å². The van der Waals surface area contributed by atoms with Crippen LogP contribution in [0.2, 0.25) is 0 Å². The van der Waals surface area contributed by atoms with Crippen LogP contribution in [0.15, 0.2) is 11.1 Å². The first-order valence-electron chi connectivity index (χ1n) is 1.94. The number of allylic oxidation sites excluding steroid dienone is 1. The van der Waals surface area contributed by atoms with Gasteiger partial charge in [0.05, 0.1) is 0 Å². The van der Waals surface area contributed by atoms with E-state index in [1.165, 1.54) is 0 Å². The summed E-state index contributed by atoms with van der Waals surface area (Å²) in [6.07, 6.45) is -3.54. The minimum Gasteiger partial charge on any atom is -0.203 e. The highest BCUT2D eigenvalue weighted by atomic mass is 79.9. The first kappa shape index (κ1) is 8.94. The van der Waals surface area contributed by atoms with Gasteiger partial charge in [0.15, 0.2) is 0 Å². The highest BCUT2D eigenvalue weighted by Gasteiger charge is 2.37. The molecule has 54 valence electrons. The molecule has 0 amide bonds. The van der Waals surface area contributed by atoms with Crippen molar-refractivity contribution in [2.75, 3.05) is 0 Å². The predicted octanol–water partition coefficient (Wildman–Crippen LogP) is 2.80. The number of alkyl halides is 4. The molecule has 0 rings (SSSR count). The number of rotatable bonds is 2. The second kappa shape index (κ2) is 3.20. The zero-order valence-electron chi connectivity index (χ0n) is 4.12. The van der Waals surface area contributed by atoms with Crippen LogP contribution in [0, 0.1) is 0 Å².